The molecule has 4 nitrogen and oxygen atoms in total. The van der Waals surface area contributed by atoms with E-state index in [1.54, 1.807) is 36.8 Å². The van der Waals surface area contributed by atoms with Crippen molar-refractivity contribution in [3.8, 4) is 11.3 Å². The van der Waals surface area contributed by atoms with Gasteiger partial charge in [0.2, 0.25) is 0 Å². The zero-order valence-corrected chi connectivity index (χ0v) is 12.2. The predicted molar refractivity (Wildman–Crippen MR) is 86.6 cm³/mol. The summed E-state index contributed by atoms with van der Waals surface area (Å²) in [5.41, 5.74) is 4.31. The van der Waals surface area contributed by atoms with Crippen LogP contribution in [-0.2, 0) is 0 Å². The standard InChI is InChI=1S/C18H15N3O/c1-13-3-2-4-14(11-13)17-6-5-15(12-20-17)18(22)21-16-7-9-19-10-8-16/h2-12H,1H3,(H,19,21,22). The molecule has 4 heteroatoms. The molecule has 0 atom stereocenters. The van der Waals surface area contributed by atoms with E-state index in [0.717, 1.165) is 11.3 Å². The molecular formula is C18H15N3O. The van der Waals surface area contributed by atoms with E-state index in [1.807, 2.05) is 31.2 Å². The van der Waals surface area contributed by atoms with Crippen molar-refractivity contribution in [1.29, 1.82) is 0 Å². The van der Waals surface area contributed by atoms with Gasteiger partial charge in [0.15, 0.2) is 0 Å². The molecule has 108 valence electrons. The Balaban J connectivity index is 1.78. The molecule has 2 heterocycles. The van der Waals surface area contributed by atoms with Crippen molar-refractivity contribution in [3.63, 3.8) is 0 Å². The van der Waals surface area contributed by atoms with Crippen LogP contribution in [-0.4, -0.2) is 15.9 Å². The molecule has 0 saturated heterocycles. The highest BCUT2D eigenvalue weighted by molar-refractivity contribution is 6.04. The molecule has 0 aliphatic heterocycles. The van der Waals surface area contributed by atoms with E-state index < -0.39 is 0 Å². The SMILES string of the molecule is Cc1cccc(-c2ccc(C(=O)Nc3ccncc3)cn2)c1. The van der Waals surface area contributed by atoms with Crippen LogP contribution in [0.25, 0.3) is 11.3 Å². The molecule has 1 N–H and O–H groups in total. The fourth-order valence-corrected chi connectivity index (χ4v) is 2.14. The lowest BCUT2D eigenvalue weighted by Crippen LogP contribution is -2.12. The maximum atomic E-state index is 12.1. The third-order valence-electron chi connectivity index (χ3n) is 3.28. The number of rotatable bonds is 3. The molecule has 0 aliphatic carbocycles. The van der Waals surface area contributed by atoms with Crippen molar-refractivity contribution in [1.82, 2.24) is 9.97 Å². The van der Waals surface area contributed by atoms with Crippen LogP contribution in [0.1, 0.15) is 15.9 Å². The van der Waals surface area contributed by atoms with Crippen LogP contribution in [0.4, 0.5) is 5.69 Å². The molecule has 0 bridgehead atoms. The molecule has 0 fully saturated rings. The molecule has 0 unspecified atom stereocenters. The van der Waals surface area contributed by atoms with Crippen LogP contribution >= 0.6 is 0 Å². The molecular weight excluding hydrogens is 274 g/mol. The Morgan fingerprint density at radius 3 is 2.55 bits per heavy atom. The van der Waals surface area contributed by atoms with Gasteiger partial charge in [0.25, 0.3) is 5.91 Å². The summed E-state index contributed by atoms with van der Waals surface area (Å²) >= 11 is 0. The summed E-state index contributed by atoms with van der Waals surface area (Å²) in [4.78, 5) is 20.4. The van der Waals surface area contributed by atoms with Gasteiger partial charge in [0, 0.05) is 29.8 Å². The topological polar surface area (TPSA) is 54.9 Å². The highest BCUT2D eigenvalue weighted by atomic mass is 16.1. The second-order valence-corrected chi connectivity index (χ2v) is 4.99. The molecule has 3 rings (SSSR count). The first-order valence-corrected chi connectivity index (χ1v) is 6.97. The Morgan fingerprint density at radius 1 is 1.05 bits per heavy atom. The molecule has 0 saturated carbocycles. The van der Waals surface area contributed by atoms with Crippen molar-refractivity contribution in [2.75, 3.05) is 5.32 Å². The van der Waals surface area contributed by atoms with Gasteiger partial charge in [-0.05, 0) is 37.3 Å². The number of aromatic nitrogens is 2. The number of carbonyl (C=O) groups is 1. The molecule has 2 aromatic heterocycles. The van der Waals surface area contributed by atoms with Gasteiger partial charge in [0.1, 0.15) is 0 Å². The third kappa shape index (κ3) is 3.17. The van der Waals surface area contributed by atoms with E-state index in [9.17, 15) is 4.79 Å². The summed E-state index contributed by atoms with van der Waals surface area (Å²) in [6.07, 6.45) is 4.86. The molecule has 1 aromatic carbocycles. The maximum Gasteiger partial charge on any atom is 0.257 e. The van der Waals surface area contributed by atoms with E-state index in [1.165, 1.54) is 5.56 Å². The summed E-state index contributed by atoms with van der Waals surface area (Å²) in [5, 5.41) is 2.81. The summed E-state index contributed by atoms with van der Waals surface area (Å²) in [5.74, 6) is -0.186. The molecule has 0 spiro atoms. The monoisotopic (exact) mass is 289 g/mol. The maximum absolute atomic E-state index is 12.1. The minimum atomic E-state index is -0.186. The van der Waals surface area contributed by atoms with Crippen LogP contribution in [0.2, 0.25) is 0 Å². The van der Waals surface area contributed by atoms with Crippen LogP contribution in [0.3, 0.4) is 0 Å². The first-order chi connectivity index (χ1) is 10.7. The number of nitrogens with zero attached hydrogens (tertiary/aromatic N) is 2. The van der Waals surface area contributed by atoms with Crippen LogP contribution in [0.15, 0.2) is 67.1 Å². The van der Waals surface area contributed by atoms with E-state index in [2.05, 4.69) is 21.4 Å². The first-order valence-electron chi connectivity index (χ1n) is 6.97. The Bertz CT molecular complexity index is 783. The summed E-state index contributed by atoms with van der Waals surface area (Å²) in [6.45, 7) is 2.04. The summed E-state index contributed by atoms with van der Waals surface area (Å²) < 4.78 is 0. The average molecular weight is 289 g/mol. The van der Waals surface area contributed by atoms with Gasteiger partial charge in [-0.25, -0.2) is 0 Å². The Labute approximate surface area is 128 Å². The lowest BCUT2D eigenvalue weighted by atomic mass is 10.1. The van der Waals surface area contributed by atoms with Gasteiger partial charge in [-0.15, -0.1) is 0 Å². The van der Waals surface area contributed by atoms with Crippen molar-refractivity contribution >= 4 is 11.6 Å². The highest BCUT2D eigenvalue weighted by Crippen LogP contribution is 2.18. The zero-order chi connectivity index (χ0) is 15.4. The van der Waals surface area contributed by atoms with Gasteiger partial charge < -0.3 is 5.32 Å². The fraction of sp³-hybridized carbons (Fsp3) is 0.0556. The molecule has 3 aromatic rings. The zero-order valence-electron chi connectivity index (χ0n) is 12.2. The number of pyridine rings is 2. The Kier molecular flexibility index (Phi) is 3.92. The number of carbonyl (C=O) groups excluding carboxylic acids is 1. The first kappa shape index (κ1) is 13.9. The van der Waals surface area contributed by atoms with Gasteiger partial charge >= 0.3 is 0 Å². The number of amides is 1. The fourth-order valence-electron chi connectivity index (χ4n) is 2.14. The molecule has 0 aliphatic rings. The van der Waals surface area contributed by atoms with E-state index in [-0.39, 0.29) is 5.91 Å². The molecule has 1 amide bonds. The third-order valence-corrected chi connectivity index (χ3v) is 3.28. The van der Waals surface area contributed by atoms with Gasteiger partial charge in [-0.1, -0.05) is 23.8 Å². The smallest absolute Gasteiger partial charge is 0.257 e. The van der Waals surface area contributed by atoms with E-state index in [0.29, 0.717) is 11.3 Å². The van der Waals surface area contributed by atoms with Gasteiger partial charge in [-0.3, -0.25) is 14.8 Å². The minimum absolute atomic E-state index is 0.186. The number of hydrogen-bond acceptors (Lipinski definition) is 3. The van der Waals surface area contributed by atoms with E-state index >= 15 is 0 Å². The average Bonchev–Trinajstić information content (AvgIpc) is 2.56. The lowest BCUT2D eigenvalue weighted by molar-refractivity contribution is 0.102. The largest absolute Gasteiger partial charge is 0.322 e. The number of hydrogen-bond donors (Lipinski definition) is 1. The summed E-state index contributed by atoms with van der Waals surface area (Å²) in [6, 6.07) is 15.2. The van der Waals surface area contributed by atoms with Crippen LogP contribution in [0.5, 0.6) is 0 Å². The molecule has 0 radical (unpaired) electrons. The summed E-state index contributed by atoms with van der Waals surface area (Å²) in [7, 11) is 0. The normalized spacial score (nSPS) is 10.2. The number of anilines is 1. The van der Waals surface area contributed by atoms with Gasteiger partial charge in [0.05, 0.1) is 11.3 Å². The number of aryl methyl sites for hydroxylation is 1. The van der Waals surface area contributed by atoms with Crippen molar-refractivity contribution in [2.45, 2.75) is 6.92 Å². The lowest BCUT2D eigenvalue weighted by Gasteiger charge is -2.06. The quantitative estimate of drug-likeness (QED) is 0.799. The van der Waals surface area contributed by atoms with E-state index in [4.69, 9.17) is 0 Å². The van der Waals surface area contributed by atoms with Gasteiger partial charge in [-0.2, -0.15) is 0 Å². The Hall–Kier alpha value is -3.01. The van der Waals surface area contributed by atoms with Crippen molar-refractivity contribution < 1.29 is 4.79 Å². The highest BCUT2D eigenvalue weighted by Gasteiger charge is 2.07. The van der Waals surface area contributed by atoms with Crippen molar-refractivity contribution in [2.24, 2.45) is 0 Å². The number of nitrogens with one attached hydrogen (secondary N) is 1. The Morgan fingerprint density at radius 2 is 1.86 bits per heavy atom. The van der Waals surface area contributed by atoms with Crippen LogP contribution in [0, 0.1) is 6.92 Å². The second-order valence-electron chi connectivity index (χ2n) is 4.99. The van der Waals surface area contributed by atoms with Crippen LogP contribution < -0.4 is 5.32 Å². The minimum Gasteiger partial charge on any atom is -0.322 e. The predicted octanol–water partition coefficient (Wildman–Crippen LogP) is 3.70. The van der Waals surface area contributed by atoms with Crippen molar-refractivity contribution in [3.05, 3.63) is 78.2 Å². The number of benzene rings is 1. The molecule has 22 heavy (non-hydrogen) atoms. The second kappa shape index (κ2) is 6.18.